The van der Waals surface area contributed by atoms with Crippen molar-refractivity contribution in [2.45, 2.75) is 6.61 Å². The molecule has 168 valence electrons. The van der Waals surface area contributed by atoms with Gasteiger partial charge in [-0.3, -0.25) is 4.40 Å². The molecule has 33 heavy (non-hydrogen) atoms. The highest BCUT2D eigenvalue weighted by atomic mass is 79.9. The number of benzene rings is 2. The molecule has 0 saturated carbocycles. The average molecular weight is 507 g/mol. The van der Waals surface area contributed by atoms with Crippen molar-refractivity contribution in [1.82, 2.24) is 19.3 Å². The summed E-state index contributed by atoms with van der Waals surface area (Å²) in [6.07, 6.45) is 5.11. The number of carbonyl (C=O) groups is 1. The van der Waals surface area contributed by atoms with E-state index >= 15 is 0 Å². The van der Waals surface area contributed by atoms with Crippen molar-refractivity contribution in [3.05, 3.63) is 83.4 Å². The van der Waals surface area contributed by atoms with Gasteiger partial charge in [-0.05, 0) is 45.8 Å². The van der Waals surface area contributed by atoms with E-state index in [1.165, 1.54) is 0 Å². The van der Waals surface area contributed by atoms with Crippen molar-refractivity contribution in [3.63, 3.8) is 0 Å². The zero-order chi connectivity index (χ0) is 22.6. The number of aromatic nitrogens is 3. The molecule has 5 rings (SSSR count). The fourth-order valence-electron chi connectivity index (χ4n) is 3.83. The predicted octanol–water partition coefficient (Wildman–Crippen LogP) is 4.69. The van der Waals surface area contributed by atoms with Gasteiger partial charge in [0.15, 0.2) is 11.5 Å². The van der Waals surface area contributed by atoms with E-state index in [4.69, 9.17) is 4.74 Å². The third-order valence-corrected chi connectivity index (χ3v) is 6.21. The fourth-order valence-corrected chi connectivity index (χ4v) is 4.22. The number of hydrogen-bond donors (Lipinski definition) is 1. The van der Waals surface area contributed by atoms with Crippen LogP contribution < -0.4 is 10.2 Å². The zero-order valence-electron chi connectivity index (χ0n) is 17.9. The lowest BCUT2D eigenvalue weighted by molar-refractivity contribution is 0.0942. The maximum Gasteiger partial charge on any atom is 0.410 e. The summed E-state index contributed by atoms with van der Waals surface area (Å²) in [6, 6.07) is 17.9. The van der Waals surface area contributed by atoms with Crippen molar-refractivity contribution < 1.29 is 9.53 Å². The molecule has 0 aliphatic carbocycles. The van der Waals surface area contributed by atoms with Gasteiger partial charge in [-0.2, -0.15) is 0 Å². The summed E-state index contributed by atoms with van der Waals surface area (Å²) in [7, 11) is 0. The maximum atomic E-state index is 12.4. The highest BCUT2D eigenvalue weighted by Gasteiger charge is 2.22. The molecule has 1 amide bonds. The Balaban J connectivity index is 1.16. The molecule has 4 aromatic rings. The third-order valence-electron chi connectivity index (χ3n) is 5.62. The van der Waals surface area contributed by atoms with Gasteiger partial charge in [-0.1, -0.05) is 30.3 Å². The Kier molecular flexibility index (Phi) is 6.12. The van der Waals surface area contributed by atoms with Crippen LogP contribution >= 0.6 is 15.9 Å². The summed E-state index contributed by atoms with van der Waals surface area (Å²) < 4.78 is 8.23. The van der Waals surface area contributed by atoms with Crippen molar-refractivity contribution >= 4 is 44.9 Å². The quantitative estimate of drug-likeness (QED) is 0.423. The van der Waals surface area contributed by atoms with Crippen LogP contribution in [0.2, 0.25) is 0 Å². The summed E-state index contributed by atoms with van der Waals surface area (Å²) >= 11 is 3.48. The second kappa shape index (κ2) is 9.50. The number of imidazole rings is 1. The number of amides is 1. The van der Waals surface area contributed by atoms with Crippen LogP contribution in [0.4, 0.5) is 22.0 Å². The van der Waals surface area contributed by atoms with Crippen LogP contribution in [0.1, 0.15) is 5.56 Å². The highest BCUT2D eigenvalue weighted by molar-refractivity contribution is 9.10. The molecule has 3 heterocycles. The Hall–Kier alpha value is -3.59. The van der Waals surface area contributed by atoms with E-state index in [9.17, 15) is 4.79 Å². The minimum Gasteiger partial charge on any atom is -0.445 e. The fraction of sp³-hybridized carbons (Fsp3) is 0.208. The van der Waals surface area contributed by atoms with Gasteiger partial charge < -0.3 is 19.9 Å². The molecule has 9 heteroatoms. The van der Waals surface area contributed by atoms with Crippen LogP contribution in [0.15, 0.2) is 77.8 Å². The third kappa shape index (κ3) is 4.78. The summed E-state index contributed by atoms with van der Waals surface area (Å²) in [6.45, 7) is 3.08. The number of halogens is 1. The highest BCUT2D eigenvalue weighted by Crippen LogP contribution is 2.24. The summed E-state index contributed by atoms with van der Waals surface area (Å²) in [5.74, 6) is 0.693. The monoisotopic (exact) mass is 506 g/mol. The predicted molar refractivity (Wildman–Crippen MR) is 131 cm³/mol. The zero-order valence-corrected chi connectivity index (χ0v) is 19.5. The second-order valence-electron chi connectivity index (χ2n) is 7.74. The van der Waals surface area contributed by atoms with Crippen LogP contribution in [-0.4, -0.2) is 51.5 Å². The first kappa shape index (κ1) is 21.3. The normalized spacial score (nSPS) is 13.8. The molecule has 2 aromatic carbocycles. The van der Waals surface area contributed by atoms with Gasteiger partial charge in [0.25, 0.3) is 0 Å². The molecule has 1 saturated heterocycles. The van der Waals surface area contributed by atoms with Crippen LogP contribution in [0.25, 0.3) is 5.65 Å². The van der Waals surface area contributed by atoms with Crippen LogP contribution in [-0.2, 0) is 11.3 Å². The minimum absolute atomic E-state index is 0.259. The Bertz CT molecular complexity index is 1240. The smallest absolute Gasteiger partial charge is 0.410 e. The molecule has 1 aliphatic heterocycles. The van der Waals surface area contributed by atoms with E-state index in [0.29, 0.717) is 25.5 Å². The molecule has 1 N–H and O–H groups in total. The van der Waals surface area contributed by atoms with Gasteiger partial charge in [0.1, 0.15) is 11.2 Å². The molecule has 0 bridgehead atoms. The topological polar surface area (TPSA) is 75.0 Å². The SMILES string of the molecule is O=C(OCc1ccccc1)N1CCN(c2ccc(Nc3ncc(Br)n4ccnc34)cc2)CC1. The molecule has 1 aliphatic rings. The standard InChI is InChI=1S/C24H23BrN6O2/c25-21-16-27-22(23-26-10-11-31(21)23)28-19-6-8-20(9-7-19)29-12-14-30(15-13-29)24(32)33-17-18-4-2-1-3-5-18/h1-11,16H,12-15,17H2,(H,27,28). The van der Waals surface area contributed by atoms with Gasteiger partial charge in [0.05, 0.1) is 6.20 Å². The number of anilines is 3. The molecule has 0 spiro atoms. The molecule has 2 aromatic heterocycles. The largest absolute Gasteiger partial charge is 0.445 e. The Morgan fingerprint density at radius 2 is 1.76 bits per heavy atom. The molecular formula is C24H23BrN6O2. The van der Waals surface area contributed by atoms with Crippen molar-refractivity contribution in [2.75, 3.05) is 36.4 Å². The van der Waals surface area contributed by atoms with E-state index in [2.05, 4.69) is 48.2 Å². The number of hydrogen-bond acceptors (Lipinski definition) is 6. The van der Waals surface area contributed by atoms with Crippen molar-refractivity contribution in [2.24, 2.45) is 0 Å². The van der Waals surface area contributed by atoms with E-state index in [0.717, 1.165) is 40.3 Å². The van der Waals surface area contributed by atoms with E-state index in [1.807, 2.05) is 53.1 Å². The summed E-state index contributed by atoms with van der Waals surface area (Å²) in [4.78, 5) is 25.3. The number of carbonyl (C=O) groups excluding carboxylic acids is 1. The number of piperazine rings is 1. The first-order valence-electron chi connectivity index (χ1n) is 10.7. The van der Waals surface area contributed by atoms with Crippen molar-refractivity contribution in [3.8, 4) is 0 Å². The van der Waals surface area contributed by atoms with Crippen molar-refractivity contribution in [1.29, 1.82) is 0 Å². The number of ether oxygens (including phenoxy) is 1. The Labute approximate surface area is 199 Å². The molecule has 8 nitrogen and oxygen atoms in total. The van der Waals surface area contributed by atoms with Gasteiger partial charge >= 0.3 is 6.09 Å². The van der Waals surface area contributed by atoms with Crippen LogP contribution in [0, 0.1) is 0 Å². The number of nitrogens with zero attached hydrogens (tertiary/aromatic N) is 5. The molecule has 0 radical (unpaired) electrons. The molecule has 1 fully saturated rings. The summed E-state index contributed by atoms with van der Waals surface area (Å²) in [5.41, 5.74) is 3.79. The average Bonchev–Trinajstić information content (AvgIpc) is 3.37. The molecule has 0 unspecified atom stereocenters. The van der Waals surface area contributed by atoms with E-state index in [-0.39, 0.29) is 6.09 Å². The van der Waals surface area contributed by atoms with Crippen LogP contribution in [0.3, 0.4) is 0 Å². The lowest BCUT2D eigenvalue weighted by atomic mass is 10.2. The van der Waals surface area contributed by atoms with E-state index < -0.39 is 0 Å². The number of fused-ring (bicyclic) bond motifs is 1. The second-order valence-corrected chi connectivity index (χ2v) is 8.55. The Morgan fingerprint density at radius 1 is 1.00 bits per heavy atom. The first-order valence-corrected chi connectivity index (χ1v) is 11.5. The minimum atomic E-state index is -0.259. The Morgan fingerprint density at radius 3 is 2.52 bits per heavy atom. The molecule has 0 atom stereocenters. The van der Waals surface area contributed by atoms with Gasteiger partial charge in [0.2, 0.25) is 0 Å². The first-order chi connectivity index (χ1) is 16.2. The van der Waals surface area contributed by atoms with E-state index in [1.54, 1.807) is 17.3 Å². The van der Waals surface area contributed by atoms with Gasteiger partial charge in [-0.15, -0.1) is 0 Å². The van der Waals surface area contributed by atoms with Gasteiger partial charge in [0, 0.05) is 49.9 Å². The lowest BCUT2D eigenvalue weighted by Gasteiger charge is -2.35. The van der Waals surface area contributed by atoms with Crippen LogP contribution in [0.5, 0.6) is 0 Å². The maximum absolute atomic E-state index is 12.4. The summed E-state index contributed by atoms with van der Waals surface area (Å²) in [5, 5.41) is 3.34. The molecular weight excluding hydrogens is 484 g/mol. The number of nitrogens with one attached hydrogen (secondary N) is 1. The van der Waals surface area contributed by atoms with Gasteiger partial charge in [-0.25, -0.2) is 14.8 Å². The lowest BCUT2D eigenvalue weighted by Crippen LogP contribution is -2.48. The number of rotatable bonds is 5.